The fourth-order valence-electron chi connectivity index (χ4n) is 2.33. The smallest absolute Gasteiger partial charge is 0.331 e. The van der Waals surface area contributed by atoms with Gasteiger partial charge in [0.25, 0.3) is 5.91 Å². The molecule has 0 saturated heterocycles. The predicted molar refractivity (Wildman–Crippen MR) is 104 cm³/mol. The number of carbonyl (C=O) groups excluding carboxylic acids is 2. The van der Waals surface area contributed by atoms with Crippen LogP contribution in [0.25, 0.3) is 6.08 Å². The predicted octanol–water partition coefficient (Wildman–Crippen LogP) is 3.60. The molecule has 142 valence electrons. The molecule has 0 saturated carbocycles. The van der Waals surface area contributed by atoms with Crippen molar-refractivity contribution in [1.82, 2.24) is 0 Å². The largest absolute Gasteiger partial charge is 0.497 e. The van der Waals surface area contributed by atoms with Crippen LogP contribution >= 0.6 is 0 Å². The molecular weight excluding hydrogens is 346 g/mol. The summed E-state index contributed by atoms with van der Waals surface area (Å²) in [5, 5.41) is 2.75. The Kier molecular flexibility index (Phi) is 7.00. The molecule has 2 aromatic carbocycles. The van der Waals surface area contributed by atoms with Gasteiger partial charge in [0, 0.05) is 23.4 Å². The normalized spacial score (nSPS) is 11.7. The number of esters is 1. The molecule has 0 aliphatic rings. The minimum atomic E-state index is -0.931. The third-order valence-electron chi connectivity index (χ3n) is 3.90. The van der Waals surface area contributed by atoms with Crippen molar-refractivity contribution in [2.45, 2.75) is 20.0 Å². The van der Waals surface area contributed by atoms with Crippen molar-refractivity contribution in [2.24, 2.45) is 0 Å². The van der Waals surface area contributed by atoms with Gasteiger partial charge in [-0.15, -0.1) is 0 Å². The fourth-order valence-corrected chi connectivity index (χ4v) is 2.33. The Hall–Kier alpha value is -3.28. The highest BCUT2D eigenvalue weighted by Gasteiger charge is 2.17. The first-order chi connectivity index (χ1) is 12.9. The van der Waals surface area contributed by atoms with Gasteiger partial charge >= 0.3 is 5.97 Å². The van der Waals surface area contributed by atoms with E-state index in [9.17, 15) is 9.59 Å². The SMILES string of the molecule is COc1ccc(C=CC(=O)OC(C)C(=O)Nc2ccccc2C)c(OC)c1. The monoisotopic (exact) mass is 369 g/mol. The zero-order valence-corrected chi connectivity index (χ0v) is 15.8. The molecule has 0 aliphatic carbocycles. The standard InChI is InChI=1S/C21H23NO5/c1-14-7-5-6-8-18(14)22-21(24)15(2)27-20(23)12-10-16-9-11-17(25-3)13-19(16)26-4/h5-13,15H,1-4H3,(H,22,24). The number of rotatable bonds is 7. The molecule has 0 aliphatic heterocycles. The van der Waals surface area contributed by atoms with Crippen molar-refractivity contribution in [2.75, 3.05) is 19.5 Å². The number of aryl methyl sites for hydroxylation is 1. The summed E-state index contributed by atoms with van der Waals surface area (Å²) >= 11 is 0. The number of anilines is 1. The summed E-state index contributed by atoms with van der Waals surface area (Å²) in [5.74, 6) is 0.185. The van der Waals surface area contributed by atoms with Crippen molar-refractivity contribution >= 4 is 23.6 Å². The molecule has 0 aromatic heterocycles. The second-order valence-electron chi connectivity index (χ2n) is 5.82. The number of ether oxygens (including phenoxy) is 3. The molecule has 1 amide bonds. The Labute approximate surface area is 158 Å². The van der Waals surface area contributed by atoms with Crippen LogP contribution in [0.1, 0.15) is 18.1 Å². The summed E-state index contributed by atoms with van der Waals surface area (Å²) in [5.41, 5.74) is 2.30. The maximum absolute atomic E-state index is 12.2. The highest BCUT2D eigenvalue weighted by atomic mass is 16.5. The first-order valence-electron chi connectivity index (χ1n) is 8.41. The van der Waals surface area contributed by atoms with Gasteiger partial charge in [-0.05, 0) is 43.7 Å². The molecular formula is C21H23NO5. The Morgan fingerprint density at radius 1 is 1.07 bits per heavy atom. The summed E-state index contributed by atoms with van der Waals surface area (Å²) < 4.78 is 15.6. The van der Waals surface area contributed by atoms with Crippen LogP contribution in [0.2, 0.25) is 0 Å². The Morgan fingerprint density at radius 3 is 2.48 bits per heavy atom. The van der Waals surface area contributed by atoms with Gasteiger partial charge in [0.2, 0.25) is 0 Å². The number of hydrogen-bond acceptors (Lipinski definition) is 5. The van der Waals surface area contributed by atoms with Gasteiger partial charge in [0.1, 0.15) is 11.5 Å². The lowest BCUT2D eigenvalue weighted by atomic mass is 10.1. The van der Waals surface area contributed by atoms with Gasteiger partial charge in [0.05, 0.1) is 14.2 Å². The first-order valence-corrected chi connectivity index (χ1v) is 8.41. The highest BCUT2D eigenvalue weighted by molar-refractivity contribution is 5.97. The van der Waals surface area contributed by atoms with E-state index in [-0.39, 0.29) is 0 Å². The zero-order valence-electron chi connectivity index (χ0n) is 15.8. The van der Waals surface area contributed by atoms with Crippen LogP contribution in [0, 0.1) is 6.92 Å². The van der Waals surface area contributed by atoms with Crippen LogP contribution in [0.5, 0.6) is 11.5 Å². The topological polar surface area (TPSA) is 73.9 Å². The van der Waals surface area contributed by atoms with E-state index in [4.69, 9.17) is 14.2 Å². The van der Waals surface area contributed by atoms with E-state index in [1.807, 2.05) is 25.1 Å². The molecule has 27 heavy (non-hydrogen) atoms. The van der Waals surface area contributed by atoms with Crippen molar-refractivity contribution < 1.29 is 23.8 Å². The van der Waals surface area contributed by atoms with Crippen LogP contribution in [0.3, 0.4) is 0 Å². The number of benzene rings is 2. The molecule has 0 radical (unpaired) electrons. The van der Waals surface area contributed by atoms with Gasteiger partial charge < -0.3 is 19.5 Å². The minimum absolute atomic E-state index is 0.395. The second kappa shape index (κ2) is 9.43. The quantitative estimate of drug-likeness (QED) is 0.596. The lowest BCUT2D eigenvalue weighted by Gasteiger charge is -2.13. The molecule has 0 bridgehead atoms. The van der Waals surface area contributed by atoms with E-state index >= 15 is 0 Å². The summed E-state index contributed by atoms with van der Waals surface area (Å²) in [6.07, 6.45) is 1.88. The van der Waals surface area contributed by atoms with Gasteiger partial charge in [-0.25, -0.2) is 4.79 Å². The first kappa shape index (κ1) is 20.0. The van der Waals surface area contributed by atoms with E-state index in [1.165, 1.54) is 20.1 Å². The molecule has 6 heteroatoms. The Morgan fingerprint density at radius 2 is 1.81 bits per heavy atom. The summed E-state index contributed by atoms with van der Waals surface area (Å²) in [4.78, 5) is 24.2. The number of hydrogen-bond donors (Lipinski definition) is 1. The van der Waals surface area contributed by atoms with E-state index in [2.05, 4.69) is 5.32 Å². The number of carbonyl (C=O) groups is 2. The molecule has 1 N–H and O–H groups in total. The molecule has 2 aromatic rings. The van der Waals surface area contributed by atoms with Crippen molar-refractivity contribution in [3.05, 3.63) is 59.7 Å². The van der Waals surface area contributed by atoms with Gasteiger partial charge in [-0.1, -0.05) is 18.2 Å². The highest BCUT2D eigenvalue weighted by Crippen LogP contribution is 2.25. The molecule has 2 rings (SSSR count). The Balaban J connectivity index is 1.97. The van der Waals surface area contributed by atoms with E-state index in [1.54, 1.807) is 37.5 Å². The van der Waals surface area contributed by atoms with Crippen LogP contribution in [-0.4, -0.2) is 32.2 Å². The molecule has 0 heterocycles. The Bertz CT molecular complexity index is 844. The van der Waals surface area contributed by atoms with Crippen LogP contribution in [0.4, 0.5) is 5.69 Å². The summed E-state index contributed by atoms with van der Waals surface area (Å²) in [6, 6.07) is 12.6. The second-order valence-corrected chi connectivity index (χ2v) is 5.82. The fraction of sp³-hybridized carbons (Fsp3) is 0.238. The van der Waals surface area contributed by atoms with Crippen LogP contribution < -0.4 is 14.8 Å². The molecule has 1 atom stereocenters. The van der Waals surface area contributed by atoms with Crippen LogP contribution in [-0.2, 0) is 14.3 Å². The minimum Gasteiger partial charge on any atom is -0.497 e. The number of amides is 1. The van der Waals surface area contributed by atoms with Crippen molar-refractivity contribution in [3.8, 4) is 11.5 Å². The molecule has 0 spiro atoms. The number of para-hydroxylation sites is 1. The van der Waals surface area contributed by atoms with Gasteiger partial charge in [0.15, 0.2) is 6.10 Å². The molecule has 6 nitrogen and oxygen atoms in total. The number of methoxy groups -OCH3 is 2. The van der Waals surface area contributed by atoms with E-state index < -0.39 is 18.0 Å². The zero-order chi connectivity index (χ0) is 19.8. The average Bonchev–Trinajstić information content (AvgIpc) is 2.67. The molecule has 0 fully saturated rings. The van der Waals surface area contributed by atoms with Gasteiger partial charge in [-0.2, -0.15) is 0 Å². The van der Waals surface area contributed by atoms with Gasteiger partial charge in [-0.3, -0.25) is 4.79 Å². The van der Waals surface area contributed by atoms with E-state index in [0.29, 0.717) is 22.7 Å². The maximum Gasteiger partial charge on any atom is 0.331 e. The third-order valence-corrected chi connectivity index (χ3v) is 3.90. The number of nitrogens with one attached hydrogen (secondary N) is 1. The van der Waals surface area contributed by atoms with Crippen molar-refractivity contribution in [3.63, 3.8) is 0 Å². The molecule has 1 unspecified atom stereocenters. The van der Waals surface area contributed by atoms with E-state index in [0.717, 1.165) is 5.56 Å². The van der Waals surface area contributed by atoms with Crippen molar-refractivity contribution in [1.29, 1.82) is 0 Å². The maximum atomic E-state index is 12.2. The average molecular weight is 369 g/mol. The lowest BCUT2D eigenvalue weighted by molar-refractivity contribution is -0.148. The summed E-state index contributed by atoms with van der Waals surface area (Å²) in [6.45, 7) is 3.41. The van der Waals surface area contributed by atoms with Crippen LogP contribution in [0.15, 0.2) is 48.5 Å². The summed E-state index contributed by atoms with van der Waals surface area (Å²) in [7, 11) is 3.09. The third kappa shape index (κ3) is 5.60. The lowest BCUT2D eigenvalue weighted by Crippen LogP contribution is -2.29.